The van der Waals surface area contributed by atoms with Crippen molar-refractivity contribution in [1.29, 1.82) is 0 Å². The SMILES string of the molecule is CCCCNCCc1nc2cc(OC)c(OC)cc2[nH]1. The van der Waals surface area contributed by atoms with Gasteiger partial charge in [0.05, 0.1) is 25.3 Å². The molecule has 20 heavy (non-hydrogen) atoms. The molecule has 1 aromatic carbocycles. The Bertz CT molecular complexity index is 510. The number of aromatic nitrogens is 2. The highest BCUT2D eigenvalue weighted by atomic mass is 16.5. The number of unbranched alkanes of at least 4 members (excludes halogenated alkanes) is 1. The fourth-order valence-corrected chi connectivity index (χ4v) is 2.14. The zero-order valence-corrected chi connectivity index (χ0v) is 12.5. The number of nitrogens with one attached hydrogen (secondary N) is 2. The van der Waals surface area contributed by atoms with E-state index >= 15 is 0 Å². The third-order valence-electron chi connectivity index (χ3n) is 3.28. The summed E-state index contributed by atoms with van der Waals surface area (Å²) in [6.07, 6.45) is 3.33. The summed E-state index contributed by atoms with van der Waals surface area (Å²) in [4.78, 5) is 7.91. The molecule has 0 atom stereocenters. The molecule has 0 saturated carbocycles. The maximum Gasteiger partial charge on any atom is 0.163 e. The van der Waals surface area contributed by atoms with Gasteiger partial charge >= 0.3 is 0 Å². The predicted molar refractivity (Wildman–Crippen MR) is 80.7 cm³/mol. The lowest BCUT2D eigenvalue weighted by Gasteiger charge is -2.06. The number of benzene rings is 1. The minimum Gasteiger partial charge on any atom is -0.493 e. The zero-order valence-electron chi connectivity index (χ0n) is 12.5. The van der Waals surface area contributed by atoms with Crippen LogP contribution in [0.2, 0.25) is 0 Å². The van der Waals surface area contributed by atoms with Crippen LogP contribution >= 0.6 is 0 Å². The van der Waals surface area contributed by atoms with E-state index in [4.69, 9.17) is 9.47 Å². The molecule has 1 aromatic heterocycles. The van der Waals surface area contributed by atoms with Crippen molar-refractivity contribution in [3.63, 3.8) is 0 Å². The highest BCUT2D eigenvalue weighted by Gasteiger charge is 2.09. The first-order valence-electron chi connectivity index (χ1n) is 7.09. The Morgan fingerprint density at radius 2 is 1.90 bits per heavy atom. The van der Waals surface area contributed by atoms with Crippen molar-refractivity contribution in [3.8, 4) is 11.5 Å². The minimum absolute atomic E-state index is 0.708. The molecule has 0 bridgehead atoms. The molecule has 1 heterocycles. The average molecular weight is 277 g/mol. The normalized spacial score (nSPS) is 10.9. The monoisotopic (exact) mass is 277 g/mol. The largest absolute Gasteiger partial charge is 0.493 e. The van der Waals surface area contributed by atoms with Crippen LogP contribution in [0.25, 0.3) is 11.0 Å². The maximum atomic E-state index is 5.29. The number of nitrogens with zero attached hydrogens (tertiary/aromatic N) is 1. The van der Waals surface area contributed by atoms with E-state index < -0.39 is 0 Å². The summed E-state index contributed by atoms with van der Waals surface area (Å²) < 4.78 is 10.6. The van der Waals surface area contributed by atoms with Crippen LogP contribution in [-0.4, -0.2) is 37.3 Å². The van der Waals surface area contributed by atoms with Gasteiger partial charge in [0, 0.05) is 25.1 Å². The second kappa shape index (κ2) is 7.14. The highest BCUT2D eigenvalue weighted by Crippen LogP contribution is 2.30. The molecule has 2 rings (SSSR count). The van der Waals surface area contributed by atoms with Crippen LogP contribution in [0.15, 0.2) is 12.1 Å². The number of H-pyrrole nitrogens is 1. The lowest BCUT2D eigenvalue weighted by molar-refractivity contribution is 0.356. The van der Waals surface area contributed by atoms with Crippen LogP contribution in [0.5, 0.6) is 11.5 Å². The minimum atomic E-state index is 0.708. The first kappa shape index (κ1) is 14.7. The molecule has 5 nitrogen and oxygen atoms in total. The van der Waals surface area contributed by atoms with Crippen LogP contribution in [0, 0.1) is 0 Å². The van der Waals surface area contributed by atoms with Gasteiger partial charge in [-0.25, -0.2) is 4.98 Å². The van der Waals surface area contributed by atoms with Crippen molar-refractivity contribution in [1.82, 2.24) is 15.3 Å². The molecule has 0 amide bonds. The predicted octanol–water partition coefficient (Wildman–Crippen LogP) is 2.51. The van der Waals surface area contributed by atoms with Gasteiger partial charge in [0.1, 0.15) is 5.82 Å². The molecule has 0 aliphatic heterocycles. The summed E-state index contributed by atoms with van der Waals surface area (Å²) >= 11 is 0. The molecular formula is C15H23N3O2. The van der Waals surface area contributed by atoms with Crippen LogP contribution in [-0.2, 0) is 6.42 Å². The molecule has 0 aliphatic carbocycles. The van der Waals surface area contributed by atoms with Gasteiger partial charge in [0.15, 0.2) is 11.5 Å². The van der Waals surface area contributed by atoms with Crippen LogP contribution in [0.1, 0.15) is 25.6 Å². The van der Waals surface area contributed by atoms with Crippen LogP contribution < -0.4 is 14.8 Å². The molecule has 2 N–H and O–H groups in total. The van der Waals surface area contributed by atoms with E-state index in [2.05, 4.69) is 22.2 Å². The van der Waals surface area contributed by atoms with E-state index in [1.165, 1.54) is 12.8 Å². The molecular weight excluding hydrogens is 254 g/mol. The fraction of sp³-hybridized carbons (Fsp3) is 0.533. The second-order valence-corrected chi connectivity index (χ2v) is 4.76. The Morgan fingerprint density at radius 3 is 2.60 bits per heavy atom. The molecule has 2 aromatic rings. The lowest BCUT2D eigenvalue weighted by atomic mass is 10.3. The van der Waals surface area contributed by atoms with Crippen LogP contribution in [0.4, 0.5) is 0 Å². The number of ether oxygens (including phenoxy) is 2. The lowest BCUT2D eigenvalue weighted by Crippen LogP contribution is -2.18. The number of rotatable bonds is 8. The van der Waals surface area contributed by atoms with E-state index in [1.807, 2.05) is 12.1 Å². The van der Waals surface area contributed by atoms with Gasteiger partial charge in [-0.05, 0) is 13.0 Å². The Labute approximate surface area is 119 Å². The first-order chi connectivity index (χ1) is 9.78. The zero-order chi connectivity index (χ0) is 14.4. The second-order valence-electron chi connectivity index (χ2n) is 4.76. The van der Waals surface area contributed by atoms with Crippen molar-refractivity contribution >= 4 is 11.0 Å². The third kappa shape index (κ3) is 3.42. The van der Waals surface area contributed by atoms with Crippen LogP contribution in [0.3, 0.4) is 0 Å². The molecule has 0 radical (unpaired) electrons. The van der Waals surface area contributed by atoms with Gasteiger partial charge in [-0.15, -0.1) is 0 Å². The number of fused-ring (bicyclic) bond motifs is 1. The van der Waals surface area contributed by atoms with E-state index in [9.17, 15) is 0 Å². The van der Waals surface area contributed by atoms with E-state index in [-0.39, 0.29) is 0 Å². The first-order valence-corrected chi connectivity index (χ1v) is 7.09. The Balaban J connectivity index is 2.05. The van der Waals surface area contributed by atoms with E-state index in [1.54, 1.807) is 14.2 Å². The Morgan fingerprint density at radius 1 is 1.15 bits per heavy atom. The number of aromatic amines is 1. The average Bonchev–Trinajstić information content (AvgIpc) is 2.87. The van der Waals surface area contributed by atoms with Gasteiger partial charge in [0.25, 0.3) is 0 Å². The number of hydrogen-bond donors (Lipinski definition) is 2. The summed E-state index contributed by atoms with van der Waals surface area (Å²) in [5, 5.41) is 3.41. The van der Waals surface area contributed by atoms with Gasteiger partial charge < -0.3 is 19.8 Å². The van der Waals surface area contributed by atoms with Gasteiger partial charge in [-0.3, -0.25) is 0 Å². The molecule has 5 heteroatoms. The van der Waals surface area contributed by atoms with Gasteiger partial charge in [-0.1, -0.05) is 13.3 Å². The van der Waals surface area contributed by atoms with E-state index in [0.717, 1.165) is 42.1 Å². The molecule has 0 saturated heterocycles. The third-order valence-corrected chi connectivity index (χ3v) is 3.28. The van der Waals surface area contributed by atoms with Crippen molar-refractivity contribution < 1.29 is 9.47 Å². The quantitative estimate of drug-likeness (QED) is 0.728. The number of hydrogen-bond acceptors (Lipinski definition) is 4. The standard InChI is InChI=1S/C15H23N3O2/c1-4-5-7-16-8-6-15-17-11-9-13(19-2)14(20-3)10-12(11)18-15/h9-10,16H,4-8H2,1-3H3,(H,17,18). The van der Waals surface area contributed by atoms with E-state index in [0.29, 0.717) is 5.75 Å². The smallest absolute Gasteiger partial charge is 0.163 e. The van der Waals surface area contributed by atoms with Crippen molar-refractivity contribution in [2.24, 2.45) is 0 Å². The van der Waals surface area contributed by atoms with Crippen molar-refractivity contribution in [3.05, 3.63) is 18.0 Å². The summed E-state index contributed by atoms with van der Waals surface area (Å²) in [7, 11) is 3.27. The number of imidazole rings is 1. The molecule has 0 unspecified atom stereocenters. The molecule has 0 spiro atoms. The Kier molecular flexibility index (Phi) is 5.24. The summed E-state index contributed by atoms with van der Waals surface area (Å²) in [5.74, 6) is 2.41. The molecule has 0 aliphatic rings. The maximum absolute atomic E-state index is 5.29. The molecule has 0 fully saturated rings. The summed E-state index contributed by atoms with van der Waals surface area (Å²) in [6, 6.07) is 3.83. The fourth-order valence-electron chi connectivity index (χ4n) is 2.14. The van der Waals surface area contributed by atoms with Gasteiger partial charge in [0.2, 0.25) is 0 Å². The Hall–Kier alpha value is -1.75. The summed E-state index contributed by atoms with van der Waals surface area (Å²) in [6.45, 7) is 4.20. The van der Waals surface area contributed by atoms with Crippen molar-refractivity contribution in [2.75, 3.05) is 27.3 Å². The summed E-state index contributed by atoms with van der Waals surface area (Å²) in [5.41, 5.74) is 1.89. The number of methoxy groups -OCH3 is 2. The molecule has 110 valence electrons. The highest BCUT2D eigenvalue weighted by molar-refractivity contribution is 5.79. The topological polar surface area (TPSA) is 59.2 Å². The van der Waals surface area contributed by atoms with Crippen molar-refractivity contribution in [2.45, 2.75) is 26.2 Å². The van der Waals surface area contributed by atoms with Gasteiger partial charge in [-0.2, -0.15) is 0 Å².